The lowest BCUT2D eigenvalue weighted by atomic mass is 10.0. The third-order valence-corrected chi connectivity index (χ3v) is 6.28. The lowest BCUT2D eigenvalue weighted by molar-refractivity contribution is -0.136. The molecule has 0 aliphatic heterocycles. The molecule has 0 aliphatic rings. The minimum absolute atomic E-state index is 0.0120. The summed E-state index contributed by atoms with van der Waals surface area (Å²) in [5, 5.41) is 9.32. The van der Waals surface area contributed by atoms with E-state index < -0.39 is 30.5 Å². The largest absolute Gasteiger partial charge is 0.481 e. The maximum Gasteiger partial charge on any atom is 0.303 e. The highest BCUT2D eigenvalue weighted by molar-refractivity contribution is 5.85. The second-order valence-electron chi connectivity index (χ2n) is 9.09. The van der Waals surface area contributed by atoms with Gasteiger partial charge in [-0.2, -0.15) is 0 Å². The number of hydrogen-bond donors (Lipinski definition) is 3. The number of aryl methyl sites for hydroxylation is 1. The molecule has 5 aromatic rings. The number of rotatable bonds is 10. The van der Waals surface area contributed by atoms with Crippen LogP contribution in [0.2, 0.25) is 0 Å². The number of nitrogens with zero attached hydrogens (tertiary/aromatic N) is 1. The molecule has 0 radical (unpaired) electrons. The number of aliphatic carboxylic acids is 1. The molecule has 0 amide bonds. The highest BCUT2D eigenvalue weighted by atomic mass is 19.3. The minimum Gasteiger partial charge on any atom is -0.481 e. The quantitative estimate of drug-likeness (QED) is 0.167. The van der Waals surface area contributed by atoms with Crippen LogP contribution >= 0.6 is 0 Å². The maximum atomic E-state index is 14.9. The lowest BCUT2D eigenvalue weighted by Gasteiger charge is -2.14. The van der Waals surface area contributed by atoms with Crippen LogP contribution in [-0.4, -0.2) is 32.5 Å². The number of carboxylic acids is 1. The van der Waals surface area contributed by atoms with Gasteiger partial charge in [-0.25, -0.2) is 22.5 Å². The fraction of sp³-hybridized carbons (Fsp3) is 0.172. The van der Waals surface area contributed by atoms with Gasteiger partial charge in [0.25, 0.3) is 0 Å². The molecule has 0 atom stereocenters. The first-order chi connectivity index (χ1) is 18.8. The Labute approximate surface area is 220 Å². The zero-order valence-corrected chi connectivity index (χ0v) is 20.5. The van der Waals surface area contributed by atoms with E-state index in [9.17, 15) is 22.4 Å². The molecule has 0 saturated carbocycles. The van der Waals surface area contributed by atoms with Gasteiger partial charge in [-0.15, -0.1) is 0 Å². The van der Waals surface area contributed by atoms with Crippen molar-refractivity contribution in [2.45, 2.75) is 32.1 Å². The summed E-state index contributed by atoms with van der Waals surface area (Å²) in [5.74, 6) is -2.37. The number of aromatic nitrogens is 3. The van der Waals surface area contributed by atoms with Gasteiger partial charge >= 0.3 is 5.97 Å². The van der Waals surface area contributed by atoms with Gasteiger partial charge in [-0.1, -0.05) is 24.3 Å². The van der Waals surface area contributed by atoms with E-state index in [0.29, 0.717) is 29.4 Å². The fourth-order valence-electron chi connectivity index (χ4n) is 4.51. The Hall–Kier alpha value is -4.60. The maximum absolute atomic E-state index is 14.9. The molecule has 0 fully saturated rings. The predicted molar refractivity (Wildman–Crippen MR) is 137 cm³/mol. The summed E-state index contributed by atoms with van der Waals surface area (Å²) in [5.41, 5.74) is 2.94. The van der Waals surface area contributed by atoms with Crippen LogP contribution < -0.4 is 4.74 Å². The topological polar surface area (TPSA) is 91.0 Å². The molecule has 200 valence electrons. The molecule has 39 heavy (non-hydrogen) atoms. The summed E-state index contributed by atoms with van der Waals surface area (Å²) >= 11 is 0. The van der Waals surface area contributed by atoms with Crippen molar-refractivity contribution in [2.75, 3.05) is 0 Å². The van der Waals surface area contributed by atoms with E-state index in [1.54, 1.807) is 12.3 Å². The minimum atomic E-state index is -2.73. The number of ether oxygens (including phenoxy) is 1. The Morgan fingerprint density at radius 2 is 1.85 bits per heavy atom. The molecule has 0 spiro atoms. The molecule has 0 unspecified atom stereocenters. The molecule has 0 aliphatic carbocycles. The van der Waals surface area contributed by atoms with Gasteiger partial charge in [-0.3, -0.25) is 4.79 Å². The third-order valence-electron chi connectivity index (χ3n) is 6.28. The number of hydrogen-bond acceptors (Lipinski definition) is 3. The van der Waals surface area contributed by atoms with Gasteiger partial charge in [0.15, 0.2) is 11.6 Å². The lowest BCUT2D eigenvalue weighted by Crippen LogP contribution is -2.03. The van der Waals surface area contributed by atoms with Crippen LogP contribution in [0, 0.1) is 11.6 Å². The van der Waals surface area contributed by atoms with Crippen molar-refractivity contribution >= 4 is 16.9 Å². The van der Waals surface area contributed by atoms with Crippen molar-refractivity contribution in [3.63, 3.8) is 0 Å². The van der Waals surface area contributed by atoms with Crippen LogP contribution in [0.3, 0.4) is 0 Å². The number of carbonyl (C=O) groups is 1. The van der Waals surface area contributed by atoms with E-state index in [-0.39, 0.29) is 34.9 Å². The van der Waals surface area contributed by atoms with E-state index in [2.05, 4.69) is 15.0 Å². The van der Waals surface area contributed by atoms with Crippen molar-refractivity contribution in [2.24, 2.45) is 0 Å². The smallest absolute Gasteiger partial charge is 0.303 e. The van der Waals surface area contributed by atoms with Crippen LogP contribution in [-0.2, 0) is 24.1 Å². The first-order valence-electron chi connectivity index (χ1n) is 12.1. The van der Waals surface area contributed by atoms with E-state index in [1.807, 2.05) is 24.3 Å². The zero-order valence-electron chi connectivity index (χ0n) is 20.5. The number of imidazole rings is 1. The third kappa shape index (κ3) is 5.95. The summed E-state index contributed by atoms with van der Waals surface area (Å²) in [6.45, 7) is 0. The van der Waals surface area contributed by atoms with Gasteiger partial charge in [0.2, 0.25) is 6.43 Å². The van der Waals surface area contributed by atoms with Crippen molar-refractivity contribution in [1.82, 2.24) is 15.0 Å². The Morgan fingerprint density at radius 1 is 1.03 bits per heavy atom. The van der Waals surface area contributed by atoms with E-state index >= 15 is 0 Å². The first kappa shape index (κ1) is 26.0. The molecular formula is C29H23F4N3O3. The van der Waals surface area contributed by atoms with Gasteiger partial charge < -0.3 is 19.8 Å². The molecule has 0 saturated heterocycles. The molecule has 10 heteroatoms. The molecule has 3 aromatic carbocycles. The second kappa shape index (κ2) is 11.0. The number of fused-ring (bicyclic) bond motifs is 1. The summed E-state index contributed by atoms with van der Waals surface area (Å²) in [6, 6.07) is 14.0. The van der Waals surface area contributed by atoms with Crippen molar-refractivity contribution in [3.05, 3.63) is 101 Å². The highest BCUT2D eigenvalue weighted by Gasteiger charge is 2.21. The van der Waals surface area contributed by atoms with E-state index in [4.69, 9.17) is 9.84 Å². The number of alkyl halides is 2. The highest BCUT2D eigenvalue weighted by Crippen LogP contribution is 2.37. The van der Waals surface area contributed by atoms with Crippen LogP contribution in [0.1, 0.15) is 28.8 Å². The molecule has 0 bridgehead atoms. The predicted octanol–water partition coefficient (Wildman–Crippen LogP) is 7.04. The van der Waals surface area contributed by atoms with Gasteiger partial charge in [-0.05, 0) is 41.8 Å². The summed E-state index contributed by atoms with van der Waals surface area (Å²) in [6.07, 6.45) is 0.537. The average molecular weight is 538 g/mol. The van der Waals surface area contributed by atoms with Gasteiger partial charge in [0.1, 0.15) is 17.4 Å². The van der Waals surface area contributed by atoms with Crippen LogP contribution in [0.15, 0.2) is 67.0 Å². The zero-order chi connectivity index (χ0) is 27.5. The van der Waals surface area contributed by atoms with Crippen molar-refractivity contribution in [3.8, 4) is 22.9 Å². The first-order valence-corrected chi connectivity index (χ1v) is 12.1. The molecule has 5 rings (SSSR count). The molecule has 6 nitrogen and oxygen atoms in total. The molecule has 3 N–H and O–H groups in total. The summed E-state index contributed by atoms with van der Waals surface area (Å²) in [7, 11) is 0. The molecule has 2 heterocycles. The summed E-state index contributed by atoms with van der Waals surface area (Å²) < 4.78 is 62.1. The van der Waals surface area contributed by atoms with Crippen LogP contribution in [0.4, 0.5) is 17.6 Å². The number of aromatic amines is 2. The van der Waals surface area contributed by atoms with Gasteiger partial charge in [0, 0.05) is 59.9 Å². The monoisotopic (exact) mass is 537 g/mol. The Balaban J connectivity index is 1.40. The van der Waals surface area contributed by atoms with Crippen LogP contribution in [0.5, 0.6) is 11.5 Å². The Morgan fingerprint density at radius 3 is 2.64 bits per heavy atom. The normalized spacial score (nSPS) is 11.4. The van der Waals surface area contributed by atoms with Gasteiger partial charge in [0.05, 0.1) is 5.56 Å². The van der Waals surface area contributed by atoms with Crippen molar-refractivity contribution < 1.29 is 32.2 Å². The number of nitrogens with one attached hydrogen (secondary N) is 2. The second-order valence-corrected chi connectivity index (χ2v) is 9.09. The van der Waals surface area contributed by atoms with Crippen molar-refractivity contribution in [1.29, 1.82) is 0 Å². The molecular weight excluding hydrogens is 514 g/mol. The number of carboxylic acid groups (broad SMARTS) is 1. The Kier molecular flexibility index (Phi) is 7.36. The standard InChI is InChI=1S/C29H23F4N3O3/c30-23-6-5-19(39-28-21(13-26(32)33)20-8-9-34-25(20)14-24(28)31)12-22(23)29-35-15-18(36-29)11-17-3-1-2-16(10-17)4-7-27(37)38/h1-3,5-6,8-10,12,14-15,26,34H,4,7,11,13H2,(H,35,36)(H,37,38). The Bertz CT molecular complexity index is 1640. The number of H-pyrrole nitrogens is 2. The van der Waals surface area contributed by atoms with Crippen LogP contribution in [0.25, 0.3) is 22.3 Å². The summed E-state index contributed by atoms with van der Waals surface area (Å²) in [4.78, 5) is 21.0. The fourth-order valence-corrected chi connectivity index (χ4v) is 4.51. The SMILES string of the molecule is O=C(O)CCc1cccc(Cc2cnc(-c3cc(Oc4c(F)cc5[nH]ccc5c4CC(F)F)ccc3F)[nH]2)c1. The average Bonchev–Trinajstić information content (AvgIpc) is 3.55. The molecule has 2 aromatic heterocycles. The number of halogens is 4. The van der Waals surface area contributed by atoms with E-state index in [0.717, 1.165) is 17.2 Å². The number of benzene rings is 3. The van der Waals surface area contributed by atoms with E-state index in [1.165, 1.54) is 24.4 Å².